The molecule has 2 amide bonds. The Morgan fingerprint density at radius 3 is 2.39 bits per heavy atom. The smallest absolute Gasteiger partial charge is 0.242 e. The van der Waals surface area contributed by atoms with E-state index in [9.17, 15) is 18.0 Å². The van der Waals surface area contributed by atoms with Gasteiger partial charge in [-0.25, -0.2) is 8.42 Å². The van der Waals surface area contributed by atoms with Crippen molar-refractivity contribution in [1.82, 2.24) is 10.2 Å². The first-order chi connectivity index (χ1) is 17.1. The highest BCUT2D eigenvalue weighted by molar-refractivity contribution is 7.92. The Labute approximate surface area is 219 Å². The second-order valence-electron chi connectivity index (χ2n) is 8.48. The van der Waals surface area contributed by atoms with Crippen LogP contribution in [0.1, 0.15) is 45.6 Å². The third kappa shape index (κ3) is 9.02. The lowest BCUT2D eigenvalue weighted by Crippen LogP contribution is -2.47. The molecule has 0 aliphatic rings. The first-order valence-corrected chi connectivity index (χ1v) is 14.3. The van der Waals surface area contributed by atoms with Crippen molar-refractivity contribution in [1.29, 1.82) is 0 Å². The fourth-order valence-corrected chi connectivity index (χ4v) is 4.87. The number of halogens is 1. The summed E-state index contributed by atoms with van der Waals surface area (Å²) >= 11 is 6.11. The maximum absolute atomic E-state index is 13.3. The fourth-order valence-electron chi connectivity index (χ4n) is 3.69. The summed E-state index contributed by atoms with van der Waals surface area (Å²) in [6, 6.07) is 13.2. The normalized spacial score (nSPS) is 12.0. The molecule has 0 bridgehead atoms. The first-order valence-electron chi connectivity index (χ1n) is 12.1. The van der Waals surface area contributed by atoms with Crippen LogP contribution in [0.25, 0.3) is 0 Å². The van der Waals surface area contributed by atoms with Crippen molar-refractivity contribution < 1.29 is 22.7 Å². The summed E-state index contributed by atoms with van der Waals surface area (Å²) < 4.78 is 31.6. The van der Waals surface area contributed by atoms with E-state index in [0.717, 1.165) is 18.2 Å². The molecule has 0 heterocycles. The zero-order valence-corrected chi connectivity index (χ0v) is 22.9. The van der Waals surface area contributed by atoms with Crippen molar-refractivity contribution in [3.63, 3.8) is 0 Å². The van der Waals surface area contributed by atoms with Gasteiger partial charge >= 0.3 is 0 Å². The Morgan fingerprint density at radius 2 is 1.81 bits per heavy atom. The van der Waals surface area contributed by atoms with Crippen LogP contribution < -0.4 is 14.4 Å². The number of nitrogens with one attached hydrogen (secondary N) is 1. The zero-order valence-electron chi connectivity index (χ0n) is 21.4. The van der Waals surface area contributed by atoms with Gasteiger partial charge in [-0.3, -0.25) is 13.9 Å². The summed E-state index contributed by atoms with van der Waals surface area (Å²) in [7, 11) is -3.57. The van der Waals surface area contributed by atoms with Crippen LogP contribution >= 0.6 is 11.6 Å². The monoisotopic (exact) mass is 537 g/mol. The summed E-state index contributed by atoms with van der Waals surface area (Å²) in [6.07, 6.45) is 2.29. The van der Waals surface area contributed by atoms with Crippen molar-refractivity contribution >= 4 is 39.1 Å². The molecule has 0 radical (unpaired) electrons. The number of anilines is 1. The molecule has 1 atom stereocenters. The number of hydrogen-bond acceptors (Lipinski definition) is 5. The molecular weight excluding hydrogens is 502 g/mol. The van der Waals surface area contributed by atoms with Crippen LogP contribution in [0.5, 0.6) is 5.75 Å². The highest BCUT2D eigenvalue weighted by atomic mass is 35.5. The first kappa shape index (κ1) is 29.5. The van der Waals surface area contributed by atoms with Gasteiger partial charge < -0.3 is 15.0 Å². The Kier molecular flexibility index (Phi) is 11.5. The van der Waals surface area contributed by atoms with Crippen molar-refractivity contribution in [2.24, 2.45) is 0 Å². The van der Waals surface area contributed by atoms with Crippen LogP contribution in [-0.2, 0) is 26.2 Å². The molecule has 0 aromatic heterocycles. The Balaban J connectivity index is 2.14. The summed E-state index contributed by atoms with van der Waals surface area (Å²) in [6.45, 7) is 6.89. The summed E-state index contributed by atoms with van der Waals surface area (Å²) in [5.74, 6) is 0.172. The molecule has 0 spiro atoms. The fraction of sp³-hybridized carbons (Fsp3) is 0.462. The van der Waals surface area contributed by atoms with Crippen molar-refractivity contribution in [3.05, 3.63) is 59.1 Å². The number of benzene rings is 2. The molecule has 0 fully saturated rings. The maximum atomic E-state index is 13.3. The second kappa shape index (κ2) is 14.1. The molecule has 2 rings (SSSR count). The third-order valence-electron chi connectivity index (χ3n) is 5.55. The summed E-state index contributed by atoms with van der Waals surface area (Å²) in [5.41, 5.74) is 1.30. The van der Waals surface area contributed by atoms with Crippen LogP contribution in [0.2, 0.25) is 5.02 Å². The van der Waals surface area contributed by atoms with Crippen molar-refractivity contribution in [3.8, 4) is 5.75 Å². The van der Waals surface area contributed by atoms with Crippen LogP contribution in [-0.4, -0.2) is 57.1 Å². The molecule has 8 nitrogen and oxygen atoms in total. The maximum Gasteiger partial charge on any atom is 0.242 e. The number of carbonyl (C=O) groups excluding carboxylic acids is 2. The predicted molar refractivity (Wildman–Crippen MR) is 144 cm³/mol. The van der Waals surface area contributed by atoms with Gasteiger partial charge in [0.15, 0.2) is 0 Å². The Morgan fingerprint density at radius 1 is 1.11 bits per heavy atom. The van der Waals surface area contributed by atoms with E-state index in [4.69, 9.17) is 16.3 Å². The van der Waals surface area contributed by atoms with E-state index in [1.54, 1.807) is 49.4 Å². The van der Waals surface area contributed by atoms with Gasteiger partial charge in [0, 0.05) is 31.1 Å². The highest BCUT2D eigenvalue weighted by Gasteiger charge is 2.26. The quantitative estimate of drug-likeness (QED) is 0.389. The predicted octanol–water partition coefficient (Wildman–Crippen LogP) is 4.23. The second-order valence-corrected chi connectivity index (χ2v) is 10.8. The van der Waals surface area contributed by atoms with Crippen molar-refractivity contribution in [2.45, 2.75) is 52.6 Å². The van der Waals surface area contributed by atoms with E-state index in [0.29, 0.717) is 29.6 Å². The molecule has 0 unspecified atom stereocenters. The Bertz CT molecular complexity index is 1110. The average molecular weight is 538 g/mol. The van der Waals surface area contributed by atoms with E-state index in [1.807, 2.05) is 19.9 Å². The minimum Gasteiger partial charge on any atom is -0.494 e. The zero-order chi connectivity index (χ0) is 26.7. The lowest BCUT2D eigenvalue weighted by Gasteiger charge is -2.29. The van der Waals surface area contributed by atoms with E-state index >= 15 is 0 Å². The number of nitrogens with zero attached hydrogens (tertiary/aromatic N) is 2. The third-order valence-corrected chi connectivity index (χ3v) is 6.98. The average Bonchev–Trinajstić information content (AvgIpc) is 2.83. The van der Waals surface area contributed by atoms with Gasteiger partial charge in [-0.2, -0.15) is 0 Å². The van der Waals surface area contributed by atoms with Crippen LogP contribution in [0.4, 0.5) is 5.69 Å². The number of rotatable bonds is 14. The molecule has 10 heteroatoms. The number of ether oxygens (including phenoxy) is 1. The Hall–Kier alpha value is -2.78. The van der Waals surface area contributed by atoms with Crippen LogP contribution in [0, 0.1) is 0 Å². The SMILES string of the molecule is CCCNC(=O)[C@H](C)N(Cc1cccc(Cl)c1)C(=O)CCCN(c1ccc(OCC)cc1)S(C)(=O)=O. The lowest BCUT2D eigenvalue weighted by atomic mass is 10.1. The molecular formula is C26H36ClN3O5S. The molecule has 0 aliphatic heterocycles. The molecule has 0 saturated heterocycles. The van der Waals surface area contributed by atoms with E-state index in [-0.39, 0.29) is 37.7 Å². The number of carbonyl (C=O) groups is 2. The molecule has 2 aromatic rings. The van der Waals surface area contributed by atoms with Gasteiger partial charge in [-0.05, 0) is 68.7 Å². The number of amides is 2. The van der Waals surface area contributed by atoms with E-state index in [1.165, 1.54) is 9.21 Å². The lowest BCUT2D eigenvalue weighted by molar-refractivity contribution is -0.140. The van der Waals surface area contributed by atoms with Crippen molar-refractivity contribution in [2.75, 3.05) is 30.3 Å². The minimum absolute atomic E-state index is 0.0784. The molecule has 198 valence electrons. The largest absolute Gasteiger partial charge is 0.494 e. The molecule has 0 aliphatic carbocycles. The highest BCUT2D eigenvalue weighted by Crippen LogP contribution is 2.23. The number of sulfonamides is 1. The van der Waals surface area contributed by atoms with Gasteiger partial charge in [-0.1, -0.05) is 30.7 Å². The van der Waals surface area contributed by atoms with Gasteiger partial charge in [-0.15, -0.1) is 0 Å². The van der Waals surface area contributed by atoms with Crippen LogP contribution in [0.3, 0.4) is 0 Å². The van der Waals surface area contributed by atoms with E-state index in [2.05, 4.69) is 5.32 Å². The summed E-state index contributed by atoms with van der Waals surface area (Å²) in [5, 5.41) is 3.38. The molecule has 2 aromatic carbocycles. The topological polar surface area (TPSA) is 96.0 Å². The van der Waals surface area contributed by atoms with Crippen LogP contribution in [0.15, 0.2) is 48.5 Å². The molecule has 36 heavy (non-hydrogen) atoms. The van der Waals surface area contributed by atoms with Gasteiger partial charge in [0.25, 0.3) is 0 Å². The van der Waals surface area contributed by atoms with Gasteiger partial charge in [0.05, 0.1) is 18.6 Å². The van der Waals surface area contributed by atoms with E-state index < -0.39 is 16.1 Å². The van der Waals surface area contributed by atoms with Gasteiger partial charge in [0.1, 0.15) is 11.8 Å². The van der Waals surface area contributed by atoms with Gasteiger partial charge in [0.2, 0.25) is 21.8 Å². The molecule has 0 saturated carbocycles. The standard InChI is InChI=1S/C26H36ClN3O5S/c1-5-16-28-26(32)20(3)29(19-21-9-7-10-22(27)18-21)25(31)11-8-17-30(36(4,33)34)23-12-14-24(15-13-23)35-6-2/h7,9-10,12-15,18,20H,5-6,8,11,16-17,19H2,1-4H3,(H,28,32)/t20-/m0/s1. The summed E-state index contributed by atoms with van der Waals surface area (Å²) in [4.78, 5) is 27.4. The number of hydrogen-bond donors (Lipinski definition) is 1. The minimum atomic E-state index is -3.57. The molecule has 1 N–H and O–H groups in total.